The quantitative estimate of drug-likeness (QED) is 0.939. The fourth-order valence-corrected chi connectivity index (χ4v) is 2.93. The van der Waals surface area contributed by atoms with Crippen molar-refractivity contribution in [3.05, 3.63) is 58.7 Å². The molecule has 3 rings (SSSR count). The molecular weight excluding hydrogens is 262 g/mol. The molecule has 110 valence electrons. The summed E-state index contributed by atoms with van der Waals surface area (Å²) in [6.45, 7) is 2.81. The number of para-hydroxylation sites is 1. The first-order valence-corrected chi connectivity index (χ1v) is 7.35. The van der Waals surface area contributed by atoms with Crippen LogP contribution >= 0.6 is 0 Å². The van der Waals surface area contributed by atoms with Gasteiger partial charge in [-0.25, -0.2) is 0 Å². The molecule has 3 heteroatoms. The van der Waals surface area contributed by atoms with Gasteiger partial charge in [0.1, 0.15) is 11.5 Å². The molecule has 1 atom stereocenters. The summed E-state index contributed by atoms with van der Waals surface area (Å²) in [6, 6.07) is 12.2. The average Bonchev–Trinajstić information content (AvgIpc) is 2.53. The van der Waals surface area contributed by atoms with Crippen LogP contribution in [0.4, 0.5) is 0 Å². The number of nitrogens with two attached hydrogens (primary N) is 1. The van der Waals surface area contributed by atoms with E-state index in [0.29, 0.717) is 0 Å². The topological polar surface area (TPSA) is 44.5 Å². The standard InChI is InChI=1S/C18H21NO2/c1-12-11-14(8-9-16(12)20-2)17(19)15-7-3-5-13-6-4-10-21-18(13)15/h3,5,7-9,11,17H,4,6,10,19H2,1-2H3. The summed E-state index contributed by atoms with van der Waals surface area (Å²) in [6.07, 6.45) is 2.14. The summed E-state index contributed by atoms with van der Waals surface area (Å²) < 4.78 is 11.2. The highest BCUT2D eigenvalue weighted by atomic mass is 16.5. The predicted molar refractivity (Wildman–Crippen MR) is 84.0 cm³/mol. The summed E-state index contributed by atoms with van der Waals surface area (Å²) in [4.78, 5) is 0. The Balaban J connectivity index is 1.99. The second kappa shape index (κ2) is 5.78. The molecule has 2 aromatic rings. The van der Waals surface area contributed by atoms with Gasteiger partial charge in [-0.2, -0.15) is 0 Å². The molecule has 1 aliphatic heterocycles. The summed E-state index contributed by atoms with van der Waals surface area (Å²) in [5, 5.41) is 0. The Morgan fingerprint density at radius 3 is 2.86 bits per heavy atom. The van der Waals surface area contributed by atoms with Crippen LogP contribution in [0, 0.1) is 6.92 Å². The Kier molecular flexibility index (Phi) is 3.84. The lowest BCUT2D eigenvalue weighted by atomic mass is 9.93. The summed E-state index contributed by atoms with van der Waals surface area (Å²) in [5.74, 6) is 1.86. The molecule has 0 fully saturated rings. The molecule has 0 saturated carbocycles. The van der Waals surface area contributed by atoms with Gasteiger partial charge in [-0.05, 0) is 42.5 Å². The fourth-order valence-electron chi connectivity index (χ4n) is 2.93. The number of benzene rings is 2. The maximum atomic E-state index is 6.48. The van der Waals surface area contributed by atoms with E-state index in [1.165, 1.54) is 5.56 Å². The largest absolute Gasteiger partial charge is 0.496 e. The van der Waals surface area contributed by atoms with Crippen molar-refractivity contribution in [1.29, 1.82) is 0 Å². The van der Waals surface area contributed by atoms with Gasteiger partial charge in [-0.3, -0.25) is 0 Å². The van der Waals surface area contributed by atoms with E-state index in [1.54, 1.807) is 7.11 Å². The molecule has 0 spiro atoms. The average molecular weight is 283 g/mol. The summed E-state index contributed by atoms with van der Waals surface area (Å²) in [7, 11) is 1.68. The highest BCUT2D eigenvalue weighted by Gasteiger charge is 2.20. The highest BCUT2D eigenvalue weighted by molar-refractivity contribution is 5.49. The molecule has 21 heavy (non-hydrogen) atoms. The van der Waals surface area contributed by atoms with Crippen LogP contribution in [0.25, 0.3) is 0 Å². The van der Waals surface area contributed by atoms with Gasteiger partial charge in [-0.15, -0.1) is 0 Å². The first-order chi connectivity index (χ1) is 10.2. The minimum Gasteiger partial charge on any atom is -0.496 e. The Morgan fingerprint density at radius 2 is 2.10 bits per heavy atom. The van der Waals surface area contributed by atoms with Crippen molar-refractivity contribution in [3.63, 3.8) is 0 Å². The van der Waals surface area contributed by atoms with Gasteiger partial charge < -0.3 is 15.2 Å². The third-order valence-electron chi connectivity index (χ3n) is 4.08. The smallest absolute Gasteiger partial charge is 0.127 e. The highest BCUT2D eigenvalue weighted by Crippen LogP contribution is 2.35. The van der Waals surface area contributed by atoms with Crippen LogP contribution in [0.1, 0.15) is 34.7 Å². The van der Waals surface area contributed by atoms with E-state index >= 15 is 0 Å². The fraction of sp³-hybridized carbons (Fsp3) is 0.333. The lowest BCUT2D eigenvalue weighted by Crippen LogP contribution is -2.17. The predicted octanol–water partition coefficient (Wildman–Crippen LogP) is 3.38. The van der Waals surface area contributed by atoms with E-state index in [1.807, 2.05) is 19.1 Å². The van der Waals surface area contributed by atoms with E-state index in [4.69, 9.17) is 15.2 Å². The van der Waals surface area contributed by atoms with Crippen LogP contribution in [0.5, 0.6) is 11.5 Å². The lowest BCUT2D eigenvalue weighted by molar-refractivity contribution is 0.284. The second-order valence-corrected chi connectivity index (χ2v) is 5.49. The first kappa shape index (κ1) is 14.0. The second-order valence-electron chi connectivity index (χ2n) is 5.49. The number of rotatable bonds is 3. The molecule has 1 unspecified atom stereocenters. The molecule has 0 bridgehead atoms. The monoisotopic (exact) mass is 283 g/mol. The van der Waals surface area contributed by atoms with Gasteiger partial charge in [0, 0.05) is 5.56 Å². The molecule has 2 N–H and O–H groups in total. The van der Waals surface area contributed by atoms with Crippen molar-refractivity contribution in [2.24, 2.45) is 5.73 Å². The van der Waals surface area contributed by atoms with Crippen molar-refractivity contribution < 1.29 is 9.47 Å². The Bertz CT molecular complexity index is 652. The van der Waals surface area contributed by atoms with E-state index in [9.17, 15) is 0 Å². The number of hydrogen-bond acceptors (Lipinski definition) is 3. The molecule has 0 saturated heterocycles. The Labute approximate surface area is 125 Å². The van der Waals surface area contributed by atoms with Gasteiger partial charge in [0.2, 0.25) is 0 Å². The zero-order valence-corrected chi connectivity index (χ0v) is 12.6. The normalized spacial score (nSPS) is 15.0. The van der Waals surface area contributed by atoms with E-state index in [2.05, 4.69) is 24.3 Å². The summed E-state index contributed by atoms with van der Waals surface area (Å²) >= 11 is 0. The maximum Gasteiger partial charge on any atom is 0.127 e. The number of fused-ring (bicyclic) bond motifs is 1. The molecule has 1 heterocycles. The van der Waals surface area contributed by atoms with Gasteiger partial charge in [0.05, 0.1) is 19.8 Å². The van der Waals surface area contributed by atoms with Crippen LogP contribution in [0.3, 0.4) is 0 Å². The molecule has 2 aromatic carbocycles. The van der Waals surface area contributed by atoms with Crippen LogP contribution in [-0.4, -0.2) is 13.7 Å². The summed E-state index contributed by atoms with van der Waals surface area (Å²) in [5.41, 5.74) is 11.0. The van der Waals surface area contributed by atoms with Gasteiger partial charge in [-0.1, -0.05) is 30.3 Å². The van der Waals surface area contributed by atoms with Gasteiger partial charge >= 0.3 is 0 Å². The van der Waals surface area contributed by atoms with Crippen LogP contribution in [-0.2, 0) is 6.42 Å². The number of hydrogen-bond donors (Lipinski definition) is 1. The van der Waals surface area contributed by atoms with Crippen molar-refractivity contribution in [2.45, 2.75) is 25.8 Å². The first-order valence-electron chi connectivity index (χ1n) is 7.35. The van der Waals surface area contributed by atoms with Crippen molar-refractivity contribution >= 4 is 0 Å². The minimum atomic E-state index is -0.178. The van der Waals surface area contributed by atoms with E-state index in [0.717, 1.165) is 47.6 Å². The molecule has 3 nitrogen and oxygen atoms in total. The molecular formula is C18H21NO2. The van der Waals surface area contributed by atoms with Crippen molar-refractivity contribution in [2.75, 3.05) is 13.7 Å². The molecule has 1 aliphatic rings. The van der Waals surface area contributed by atoms with E-state index in [-0.39, 0.29) is 6.04 Å². The van der Waals surface area contributed by atoms with Gasteiger partial charge in [0.25, 0.3) is 0 Å². The van der Waals surface area contributed by atoms with Gasteiger partial charge in [0.15, 0.2) is 0 Å². The number of aryl methyl sites for hydroxylation is 2. The minimum absolute atomic E-state index is 0.178. The van der Waals surface area contributed by atoms with E-state index < -0.39 is 0 Å². The molecule has 0 amide bonds. The lowest BCUT2D eigenvalue weighted by Gasteiger charge is -2.23. The zero-order chi connectivity index (χ0) is 14.8. The van der Waals surface area contributed by atoms with Crippen LogP contribution in [0.2, 0.25) is 0 Å². The number of ether oxygens (including phenoxy) is 2. The SMILES string of the molecule is COc1ccc(C(N)c2cccc3c2OCCC3)cc1C. The molecule has 0 aliphatic carbocycles. The zero-order valence-electron chi connectivity index (χ0n) is 12.6. The third-order valence-corrected chi connectivity index (χ3v) is 4.08. The van der Waals surface area contributed by atoms with Crippen LogP contribution < -0.4 is 15.2 Å². The Hall–Kier alpha value is -2.00. The third kappa shape index (κ3) is 2.61. The van der Waals surface area contributed by atoms with Crippen molar-refractivity contribution in [3.8, 4) is 11.5 Å². The van der Waals surface area contributed by atoms with Crippen molar-refractivity contribution in [1.82, 2.24) is 0 Å². The number of methoxy groups -OCH3 is 1. The molecule has 0 radical (unpaired) electrons. The molecule has 0 aromatic heterocycles. The Morgan fingerprint density at radius 1 is 1.24 bits per heavy atom. The van der Waals surface area contributed by atoms with Crippen LogP contribution in [0.15, 0.2) is 36.4 Å². The maximum absolute atomic E-state index is 6.48.